The number of carbonyl (C=O) groups is 1. The lowest BCUT2D eigenvalue weighted by molar-refractivity contribution is -0.134. The zero-order chi connectivity index (χ0) is 20.8. The average molecular weight is 415 g/mol. The molecule has 29 heavy (non-hydrogen) atoms. The summed E-state index contributed by atoms with van der Waals surface area (Å²) in [5, 5.41) is 9.31. The van der Waals surface area contributed by atoms with Gasteiger partial charge in [-0.05, 0) is 56.9 Å². The molecule has 0 spiro atoms. The first-order valence-corrected chi connectivity index (χ1v) is 11.1. The fourth-order valence-corrected chi connectivity index (χ4v) is 4.71. The molecule has 156 valence electrons. The van der Waals surface area contributed by atoms with E-state index in [-0.39, 0.29) is 11.2 Å². The number of likely N-dealkylation sites (tertiary alicyclic amines) is 1. The second-order valence-corrected chi connectivity index (χ2v) is 8.59. The molecule has 1 saturated heterocycles. The standard InChI is InChI=1S/C22H30N4O2S/c1-5-14-26-20(17-10-12-19(28-4)13-11-17)23-24-22(26)29-16(3)21(27)25-15-8-7-9-18(25)6-2/h5,10-13,16,18H,1,6-9,14-15H2,2-4H3. The molecule has 1 aromatic heterocycles. The Morgan fingerprint density at radius 3 is 2.76 bits per heavy atom. The van der Waals surface area contributed by atoms with Crippen molar-refractivity contribution in [3.8, 4) is 17.1 Å². The maximum Gasteiger partial charge on any atom is 0.236 e. The van der Waals surface area contributed by atoms with E-state index in [2.05, 4.69) is 28.6 Å². The summed E-state index contributed by atoms with van der Waals surface area (Å²) < 4.78 is 7.25. The fraction of sp³-hybridized carbons (Fsp3) is 0.500. The van der Waals surface area contributed by atoms with E-state index in [0.717, 1.165) is 48.1 Å². The Bertz CT molecular complexity index is 834. The molecule has 2 unspecified atom stereocenters. The number of hydrogen-bond donors (Lipinski definition) is 0. The number of aromatic nitrogens is 3. The van der Waals surface area contributed by atoms with E-state index >= 15 is 0 Å². The van der Waals surface area contributed by atoms with E-state index in [1.165, 1.54) is 18.2 Å². The molecule has 2 heterocycles. The summed E-state index contributed by atoms with van der Waals surface area (Å²) >= 11 is 1.47. The number of rotatable bonds is 8. The highest BCUT2D eigenvalue weighted by atomic mass is 32.2. The Morgan fingerprint density at radius 1 is 1.34 bits per heavy atom. The predicted octanol–water partition coefficient (Wildman–Crippen LogP) is 4.41. The van der Waals surface area contributed by atoms with Gasteiger partial charge in [0.15, 0.2) is 11.0 Å². The van der Waals surface area contributed by atoms with Gasteiger partial charge in [0.1, 0.15) is 5.75 Å². The lowest BCUT2D eigenvalue weighted by atomic mass is 10.00. The molecule has 0 saturated carbocycles. The molecule has 1 aliphatic rings. The van der Waals surface area contributed by atoms with Crippen molar-refractivity contribution >= 4 is 17.7 Å². The third-order valence-electron chi connectivity index (χ3n) is 5.39. The van der Waals surface area contributed by atoms with Crippen LogP contribution in [0.3, 0.4) is 0 Å². The SMILES string of the molecule is C=CCn1c(SC(C)C(=O)N2CCCCC2CC)nnc1-c1ccc(OC)cc1. The predicted molar refractivity (Wildman–Crippen MR) is 117 cm³/mol. The van der Waals surface area contributed by atoms with E-state index in [4.69, 9.17) is 4.74 Å². The number of carbonyl (C=O) groups excluding carboxylic acids is 1. The van der Waals surface area contributed by atoms with Gasteiger partial charge in [0, 0.05) is 24.7 Å². The lowest BCUT2D eigenvalue weighted by Crippen LogP contribution is -2.46. The Kier molecular flexibility index (Phi) is 7.36. The van der Waals surface area contributed by atoms with E-state index in [0.29, 0.717) is 12.6 Å². The van der Waals surface area contributed by atoms with Gasteiger partial charge >= 0.3 is 0 Å². The van der Waals surface area contributed by atoms with Crippen LogP contribution in [-0.4, -0.2) is 50.5 Å². The van der Waals surface area contributed by atoms with E-state index in [1.807, 2.05) is 41.8 Å². The van der Waals surface area contributed by atoms with Crippen molar-refractivity contribution in [2.45, 2.75) is 62.5 Å². The topological polar surface area (TPSA) is 60.2 Å². The smallest absolute Gasteiger partial charge is 0.236 e. The van der Waals surface area contributed by atoms with Crippen molar-refractivity contribution in [1.29, 1.82) is 0 Å². The average Bonchev–Trinajstić information content (AvgIpc) is 3.15. The molecule has 6 nitrogen and oxygen atoms in total. The summed E-state index contributed by atoms with van der Waals surface area (Å²) in [5.41, 5.74) is 0.952. The zero-order valence-electron chi connectivity index (χ0n) is 17.5. The Balaban J connectivity index is 1.80. The third-order valence-corrected chi connectivity index (χ3v) is 6.46. The van der Waals surface area contributed by atoms with Crippen LogP contribution in [0.2, 0.25) is 0 Å². The monoisotopic (exact) mass is 414 g/mol. The van der Waals surface area contributed by atoms with Gasteiger partial charge in [-0.1, -0.05) is 24.8 Å². The van der Waals surface area contributed by atoms with Crippen LogP contribution in [0, 0.1) is 0 Å². The maximum absolute atomic E-state index is 13.1. The molecule has 0 bridgehead atoms. The van der Waals surface area contributed by atoms with E-state index in [1.54, 1.807) is 7.11 Å². The molecule has 7 heteroatoms. The van der Waals surface area contributed by atoms with Gasteiger partial charge < -0.3 is 9.64 Å². The van der Waals surface area contributed by atoms with Crippen molar-refractivity contribution in [1.82, 2.24) is 19.7 Å². The Hall–Kier alpha value is -2.28. The summed E-state index contributed by atoms with van der Waals surface area (Å²) in [4.78, 5) is 15.2. The van der Waals surface area contributed by atoms with E-state index in [9.17, 15) is 4.79 Å². The summed E-state index contributed by atoms with van der Waals surface area (Å²) in [6, 6.07) is 8.10. The van der Waals surface area contributed by atoms with Crippen LogP contribution < -0.4 is 4.74 Å². The molecule has 0 radical (unpaired) electrons. The van der Waals surface area contributed by atoms with Crippen molar-refractivity contribution in [2.75, 3.05) is 13.7 Å². The van der Waals surface area contributed by atoms with Crippen LogP contribution in [0.15, 0.2) is 42.1 Å². The van der Waals surface area contributed by atoms with Crippen LogP contribution in [0.25, 0.3) is 11.4 Å². The number of ether oxygens (including phenoxy) is 1. The van der Waals surface area contributed by atoms with Gasteiger partial charge in [-0.15, -0.1) is 16.8 Å². The normalized spacial score (nSPS) is 17.8. The first-order chi connectivity index (χ1) is 14.1. The number of benzene rings is 1. The largest absolute Gasteiger partial charge is 0.497 e. The number of methoxy groups -OCH3 is 1. The number of hydrogen-bond acceptors (Lipinski definition) is 5. The summed E-state index contributed by atoms with van der Waals surface area (Å²) in [5.74, 6) is 1.75. The summed E-state index contributed by atoms with van der Waals surface area (Å²) in [6.07, 6.45) is 6.24. The highest BCUT2D eigenvalue weighted by Gasteiger charge is 2.30. The minimum atomic E-state index is -0.210. The molecule has 1 fully saturated rings. The van der Waals surface area contributed by atoms with Gasteiger partial charge in [-0.25, -0.2) is 0 Å². The third kappa shape index (κ3) is 4.83. The van der Waals surface area contributed by atoms with Gasteiger partial charge in [-0.2, -0.15) is 0 Å². The van der Waals surface area contributed by atoms with Crippen molar-refractivity contribution in [3.05, 3.63) is 36.9 Å². The quantitative estimate of drug-likeness (QED) is 0.473. The molecule has 3 rings (SSSR count). The summed E-state index contributed by atoms with van der Waals surface area (Å²) in [6.45, 7) is 9.44. The van der Waals surface area contributed by atoms with Gasteiger partial charge in [-0.3, -0.25) is 9.36 Å². The molecular weight excluding hydrogens is 384 g/mol. The number of allylic oxidation sites excluding steroid dienone is 1. The zero-order valence-corrected chi connectivity index (χ0v) is 18.3. The van der Waals surface area contributed by atoms with Crippen LogP contribution in [0.5, 0.6) is 5.75 Å². The molecular formula is C22H30N4O2S. The number of amides is 1. The van der Waals surface area contributed by atoms with Gasteiger partial charge in [0.25, 0.3) is 0 Å². The van der Waals surface area contributed by atoms with Crippen LogP contribution in [0.4, 0.5) is 0 Å². The molecule has 2 atom stereocenters. The number of piperidine rings is 1. The minimum absolute atomic E-state index is 0.195. The maximum atomic E-state index is 13.1. The van der Waals surface area contributed by atoms with E-state index < -0.39 is 0 Å². The fourth-order valence-electron chi connectivity index (χ4n) is 3.78. The first kappa shape index (κ1) is 21.4. The highest BCUT2D eigenvalue weighted by Crippen LogP contribution is 2.30. The number of thioether (sulfide) groups is 1. The number of nitrogens with zero attached hydrogens (tertiary/aromatic N) is 4. The molecule has 0 N–H and O–H groups in total. The van der Waals surface area contributed by atoms with Crippen LogP contribution >= 0.6 is 11.8 Å². The van der Waals surface area contributed by atoms with Crippen LogP contribution in [0.1, 0.15) is 39.5 Å². The second kappa shape index (κ2) is 9.96. The van der Waals surface area contributed by atoms with Crippen molar-refractivity contribution in [2.24, 2.45) is 0 Å². The molecule has 2 aromatic rings. The van der Waals surface area contributed by atoms with Crippen LogP contribution in [-0.2, 0) is 11.3 Å². The molecule has 1 aliphatic heterocycles. The minimum Gasteiger partial charge on any atom is -0.497 e. The first-order valence-electron chi connectivity index (χ1n) is 10.2. The Morgan fingerprint density at radius 2 is 2.10 bits per heavy atom. The summed E-state index contributed by atoms with van der Waals surface area (Å²) in [7, 11) is 1.65. The van der Waals surface area contributed by atoms with Crippen molar-refractivity contribution in [3.63, 3.8) is 0 Å². The molecule has 0 aliphatic carbocycles. The second-order valence-electron chi connectivity index (χ2n) is 7.28. The lowest BCUT2D eigenvalue weighted by Gasteiger charge is -2.36. The van der Waals surface area contributed by atoms with Gasteiger partial charge in [0.2, 0.25) is 5.91 Å². The van der Waals surface area contributed by atoms with Gasteiger partial charge in [0.05, 0.1) is 12.4 Å². The molecule has 1 aromatic carbocycles. The highest BCUT2D eigenvalue weighted by molar-refractivity contribution is 8.00. The Labute approximate surface area is 177 Å². The van der Waals surface area contributed by atoms with Crippen molar-refractivity contribution < 1.29 is 9.53 Å². The molecule has 1 amide bonds.